The summed E-state index contributed by atoms with van der Waals surface area (Å²) in [6, 6.07) is 14.2. The van der Waals surface area contributed by atoms with Crippen LogP contribution in [0.2, 0.25) is 0 Å². The molecular weight excluding hydrogens is 392 g/mol. The van der Waals surface area contributed by atoms with E-state index in [4.69, 9.17) is 13.9 Å². The SMILES string of the molecule is C=CC(=O)OCCCCC(O)COc1ccc2cc(-c3ccc(C)cc3CC)oc2c1. The van der Waals surface area contributed by atoms with Crippen LogP contribution in [-0.2, 0) is 16.0 Å². The van der Waals surface area contributed by atoms with Crippen LogP contribution in [0.1, 0.15) is 37.3 Å². The Bertz CT molecular complexity index is 1030. The van der Waals surface area contributed by atoms with Crippen molar-refractivity contribution in [3.63, 3.8) is 0 Å². The van der Waals surface area contributed by atoms with Crippen LogP contribution in [-0.4, -0.2) is 30.4 Å². The molecule has 1 unspecified atom stereocenters. The van der Waals surface area contributed by atoms with Gasteiger partial charge in [0.1, 0.15) is 23.7 Å². The lowest BCUT2D eigenvalue weighted by Gasteiger charge is -2.12. The van der Waals surface area contributed by atoms with Crippen LogP contribution in [0.5, 0.6) is 5.75 Å². The van der Waals surface area contributed by atoms with Crippen LogP contribution in [0.25, 0.3) is 22.3 Å². The van der Waals surface area contributed by atoms with Gasteiger partial charge in [0.2, 0.25) is 0 Å². The third kappa shape index (κ3) is 6.22. The van der Waals surface area contributed by atoms with Gasteiger partial charge in [-0.3, -0.25) is 0 Å². The number of hydrogen-bond acceptors (Lipinski definition) is 5. The van der Waals surface area contributed by atoms with E-state index in [2.05, 4.69) is 44.7 Å². The predicted octanol–water partition coefficient (Wildman–Crippen LogP) is 5.61. The quantitative estimate of drug-likeness (QED) is 0.247. The van der Waals surface area contributed by atoms with Gasteiger partial charge >= 0.3 is 5.97 Å². The van der Waals surface area contributed by atoms with Crippen molar-refractivity contribution in [1.82, 2.24) is 0 Å². The molecule has 5 heteroatoms. The van der Waals surface area contributed by atoms with Crippen LogP contribution in [0.3, 0.4) is 0 Å². The van der Waals surface area contributed by atoms with E-state index in [1.54, 1.807) is 0 Å². The number of hydrogen-bond donors (Lipinski definition) is 1. The Balaban J connectivity index is 1.56. The number of fused-ring (bicyclic) bond motifs is 1. The summed E-state index contributed by atoms with van der Waals surface area (Å²) < 4.78 is 16.8. The van der Waals surface area contributed by atoms with Gasteiger partial charge < -0.3 is 19.0 Å². The van der Waals surface area contributed by atoms with Crippen LogP contribution in [0.15, 0.2) is 59.5 Å². The lowest BCUT2D eigenvalue weighted by molar-refractivity contribution is -0.137. The van der Waals surface area contributed by atoms with Crippen LogP contribution in [0, 0.1) is 6.92 Å². The van der Waals surface area contributed by atoms with E-state index in [1.165, 1.54) is 11.1 Å². The van der Waals surface area contributed by atoms with Gasteiger partial charge in [0.25, 0.3) is 0 Å². The van der Waals surface area contributed by atoms with Gasteiger partial charge in [0.05, 0.1) is 12.7 Å². The summed E-state index contributed by atoms with van der Waals surface area (Å²) in [5.74, 6) is 1.09. The van der Waals surface area contributed by atoms with Gasteiger partial charge in [-0.2, -0.15) is 0 Å². The van der Waals surface area contributed by atoms with Crippen molar-refractivity contribution < 1.29 is 23.8 Å². The van der Waals surface area contributed by atoms with Gasteiger partial charge in [0, 0.05) is 23.1 Å². The highest BCUT2D eigenvalue weighted by Gasteiger charge is 2.12. The van der Waals surface area contributed by atoms with E-state index in [0.29, 0.717) is 25.2 Å². The molecule has 0 amide bonds. The minimum atomic E-state index is -0.586. The van der Waals surface area contributed by atoms with E-state index in [1.807, 2.05) is 18.2 Å². The second-order valence-electron chi connectivity index (χ2n) is 7.66. The van der Waals surface area contributed by atoms with Crippen molar-refractivity contribution in [3.05, 3.63) is 66.2 Å². The number of esters is 1. The number of ether oxygens (including phenoxy) is 2. The highest BCUT2D eigenvalue weighted by Crippen LogP contribution is 2.32. The molecule has 1 N–H and O–H groups in total. The third-order valence-corrected chi connectivity index (χ3v) is 5.18. The molecule has 0 aliphatic heterocycles. The van der Waals surface area contributed by atoms with Gasteiger partial charge in [-0.15, -0.1) is 0 Å². The molecule has 0 radical (unpaired) electrons. The Morgan fingerprint density at radius 2 is 2.03 bits per heavy atom. The largest absolute Gasteiger partial charge is 0.491 e. The van der Waals surface area contributed by atoms with Crippen molar-refractivity contribution in [2.45, 2.75) is 45.6 Å². The molecule has 0 bridgehead atoms. The molecule has 1 atom stereocenters. The molecule has 0 saturated carbocycles. The van der Waals surface area contributed by atoms with E-state index < -0.39 is 12.1 Å². The Hall–Kier alpha value is -3.05. The monoisotopic (exact) mass is 422 g/mol. The summed E-state index contributed by atoms with van der Waals surface area (Å²) in [5, 5.41) is 11.2. The van der Waals surface area contributed by atoms with Crippen molar-refractivity contribution >= 4 is 16.9 Å². The summed E-state index contributed by atoms with van der Waals surface area (Å²) in [7, 11) is 0. The predicted molar refractivity (Wildman–Crippen MR) is 122 cm³/mol. The molecule has 1 heterocycles. The zero-order chi connectivity index (χ0) is 22.2. The third-order valence-electron chi connectivity index (χ3n) is 5.18. The molecule has 0 spiro atoms. The zero-order valence-electron chi connectivity index (χ0n) is 18.2. The molecule has 0 fully saturated rings. The second-order valence-corrected chi connectivity index (χ2v) is 7.66. The summed E-state index contributed by atoms with van der Waals surface area (Å²) >= 11 is 0. The van der Waals surface area contributed by atoms with Crippen molar-refractivity contribution in [1.29, 1.82) is 0 Å². The minimum absolute atomic E-state index is 0.198. The first-order valence-corrected chi connectivity index (χ1v) is 10.7. The Morgan fingerprint density at radius 3 is 2.81 bits per heavy atom. The van der Waals surface area contributed by atoms with Gasteiger partial charge in [0.15, 0.2) is 0 Å². The summed E-state index contributed by atoms with van der Waals surface area (Å²) in [6.45, 7) is 8.12. The fourth-order valence-electron chi connectivity index (χ4n) is 3.48. The first-order valence-electron chi connectivity index (χ1n) is 10.7. The van der Waals surface area contributed by atoms with Gasteiger partial charge in [-0.05, 0) is 56.4 Å². The molecule has 3 aromatic rings. The number of aryl methyl sites for hydroxylation is 2. The zero-order valence-corrected chi connectivity index (χ0v) is 18.2. The Labute approximate surface area is 183 Å². The normalized spacial score (nSPS) is 12.0. The molecule has 164 valence electrons. The summed E-state index contributed by atoms with van der Waals surface area (Å²) in [4.78, 5) is 11.0. The van der Waals surface area contributed by atoms with Crippen LogP contribution >= 0.6 is 0 Å². The number of aliphatic hydroxyl groups is 1. The maximum atomic E-state index is 11.0. The van der Waals surface area contributed by atoms with Crippen molar-refractivity contribution in [3.8, 4) is 17.1 Å². The molecule has 31 heavy (non-hydrogen) atoms. The number of carbonyl (C=O) groups excluding carboxylic acids is 1. The van der Waals surface area contributed by atoms with Gasteiger partial charge in [-0.1, -0.05) is 37.3 Å². The van der Waals surface area contributed by atoms with Crippen molar-refractivity contribution in [2.24, 2.45) is 0 Å². The van der Waals surface area contributed by atoms with Crippen LogP contribution < -0.4 is 4.74 Å². The first kappa shape index (κ1) is 22.6. The standard InChI is InChI=1S/C26H30O5/c1-4-19-14-18(3)9-12-23(19)25-15-20-10-11-22(16-24(20)31-25)30-17-21(27)8-6-7-13-29-26(28)5-2/h5,9-12,14-16,21,27H,2,4,6-8,13,17H2,1,3H3. The number of rotatable bonds is 11. The number of aliphatic hydroxyl groups excluding tert-OH is 1. The fraction of sp³-hybridized carbons (Fsp3) is 0.346. The van der Waals surface area contributed by atoms with Crippen molar-refractivity contribution in [2.75, 3.05) is 13.2 Å². The summed E-state index contributed by atoms with van der Waals surface area (Å²) in [6.07, 6.45) is 3.51. The van der Waals surface area contributed by atoms with E-state index in [0.717, 1.165) is 41.2 Å². The molecule has 0 aliphatic rings. The maximum Gasteiger partial charge on any atom is 0.330 e. The minimum Gasteiger partial charge on any atom is -0.491 e. The number of unbranched alkanes of at least 4 members (excludes halogenated alkanes) is 1. The van der Waals surface area contributed by atoms with E-state index in [-0.39, 0.29) is 6.61 Å². The summed E-state index contributed by atoms with van der Waals surface area (Å²) in [5.41, 5.74) is 4.37. The van der Waals surface area contributed by atoms with E-state index in [9.17, 15) is 9.90 Å². The maximum absolute atomic E-state index is 11.0. The number of furan rings is 1. The van der Waals surface area contributed by atoms with E-state index >= 15 is 0 Å². The average molecular weight is 423 g/mol. The molecule has 2 aromatic carbocycles. The molecule has 1 aromatic heterocycles. The molecule has 0 saturated heterocycles. The molecular formula is C26H30O5. The highest BCUT2D eigenvalue weighted by atomic mass is 16.5. The lowest BCUT2D eigenvalue weighted by atomic mass is 10.0. The van der Waals surface area contributed by atoms with Crippen LogP contribution in [0.4, 0.5) is 0 Å². The average Bonchev–Trinajstić information content (AvgIpc) is 3.20. The number of benzene rings is 2. The lowest BCUT2D eigenvalue weighted by Crippen LogP contribution is -2.17. The van der Waals surface area contributed by atoms with Gasteiger partial charge in [-0.25, -0.2) is 4.79 Å². The second kappa shape index (κ2) is 10.8. The Morgan fingerprint density at radius 1 is 1.19 bits per heavy atom. The first-order chi connectivity index (χ1) is 15.0. The number of carbonyl (C=O) groups is 1. The highest BCUT2D eigenvalue weighted by molar-refractivity contribution is 5.84. The smallest absolute Gasteiger partial charge is 0.330 e. The fourth-order valence-corrected chi connectivity index (χ4v) is 3.48. The Kier molecular flexibility index (Phi) is 7.90. The molecule has 3 rings (SSSR count). The molecule has 0 aliphatic carbocycles. The molecule has 5 nitrogen and oxygen atoms in total. The topological polar surface area (TPSA) is 68.9 Å².